The van der Waals surface area contributed by atoms with Gasteiger partial charge in [0.05, 0.1) is 23.3 Å². The Morgan fingerprint density at radius 2 is 1.88 bits per heavy atom. The summed E-state index contributed by atoms with van der Waals surface area (Å²) in [6, 6.07) is 17.9. The Morgan fingerprint density at radius 1 is 1.00 bits per heavy atom. The van der Waals surface area contributed by atoms with Crippen LogP contribution in [0.15, 0.2) is 71.7 Å². The van der Waals surface area contributed by atoms with Gasteiger partial charge in [-0.2, -0.15) is 5.10 Å². The Labute approximate surface area is 195 Å². The number of hydrogen-bond donors (Lipinski definition) is 0. The fourth-order valence-corrected chi connectivity index (χ4v) is 4.09. The van der Waals surface area contributed by atoms with Gasteiger partial charge in [0.25, 0.3) is 5.56 Å². The average molecular weight is 455 g/mol. The van der Waals surface area contributed by atoms with Crippen LogP contribution in [0.3, 0.4) is 0 Å². The minimum Gasteiger partial charge on any atom is -0.305 e. The fraction of sp³-hybridized carbons (Fsp3) is 0.192. The molecular formula is C26H23FN6O. The van der Waals surface area contributed by atoms with Crippen molar-refractivity contribution in [3.63, 3.8) is 0 Å². The lowest BCUT2D eigenvalue weighted by atomic mass is 10.1. The zero-order chi connectivity index (χ0) is 23.7. The minimum atomic E-state index is -0.288. The molecule has 0 saturated heterocycles. The molecule has 0 amide bonds. The van der Waals surface area contributed by atoms with E-state index >= 15 is 0 Å². The lowest BCUT2D eigenvalue weighted by Gasteiger charge is -2.10. The highest BCUT2D eigenvalue weighted by Crippen LogP contribution is 2.23. The minimum absolute atomic E-state index is 0.0848. The number of halogens is 1. The SMILES string of the molecule is CCn1c(=O)c(C)nc2cc(-c3nc(Cc4cccc(F)c4)nn3Cc3ccccn3)ccc21. The second-order valence-electron chi connectivity index (χ2n) is 8.09. The summed E-state index contributed by atoms with van der Waals surface area (Å²) in [7, 11) is 0. The number of nitrogens with zero attached hydrogens (tertiary/aromatic N) is 6. The molecule has 7 nitrogen and oxygen atoms in total. The van der Waals surface area contributed by atoms with E-state index in [0.717, 1.165) is 27.9 Å². The van der Waals surface area contributed by atoms with Crippen molar-refractivity contribution in [2.75, 3.05) is 0 Å². The van der Waals surface area contributed by atoms with Crippen LogP contribution in [0.1, 0.15) is 29.7 Å². The Hall–Kier alpha value is -4.20. The zero-order valence-corrected chi connectivity index (χ0v) is 18.9. The Kier molecular flexibility index (Phi) is 5.71. The monoisotopic (exact) mass is 454 g/mol. The molecular weight excluding hydrogens is 431 g/mol. The molecule has 170 valence electrons. The summed E-state index contributed by atoms with van der Waals surface area (Å²) in [5.74, 6) is 0.954. The first-order valence-corrected chi connectivity index (χ1v) is 11.1. The summed E-state index contributed by atoms with van der Waals surface area (Å²) >= 11 is 0. The Bertz CT molecular complexity index is 1540. The van der Waals surface area contributed by atoms with Gasteiger partial charge >= 0.3 is 0 Å². The molecule has 5 rings (SSSR count). The van der Waals surface area contributed by atoms with Gasteiger partial charge in [-0.05, 0) is 61.9 Å². The largest absolute Gasteiger partial charge is 0.305 e. The maximum Gasteiger partial charge on any atom is 0.272 e. The van der Waals surface area contributed by atoms with Crippen LogP contribution in [0.5, 0.6) is 0 Å². The Balaban J connectivity index is 1.61. The molecule has 0 radical (unpaired) electrons. The van der Waals surface area contributed by atoms with Gasteiger partial charge in [0.2, 0.25) is 0 Å². The van der Waals surface area contributed by atoms with Gasteiger partial charge in [-0.1, -0.05) is 18.2 Å². The number of benzene rings is 2. The lowest BCUT2D eigenvalue weighted by Crippen LogP contribution is -2.23. The summed E-state index contributed by atoms with van der Waals surface area (Å²) in [6.07, 6.45) is 2.15. The molecule has 5 aromatic rings. The number of aryl methyl sites for hydroxylation is 2. The van der Waals surface area contributed by atoms with E-state index in [1.54, 1.807) is 28.4 Å². The smallest absolute Gasteiger partial charge is 0.272 e. The van der Waals surface area contributed by atoms with Crippen LogP contribution in [-0.2, 0) is 19.5 Å². The first-order chi connectivity index (χ1) is 16.5. The first kappa shape index (κ1) is 21.6. The molecule has 3 aromatic heterocycles. The fourth-order valence-electron chi connectivity index (χ4n) is 4.09. The van der Waals surface area contributed by atoms with Crippen LogP contribution < -0.4 is 5.56 Å². The van der Waals surface area contributed by atoms with Gasteiger partial charge in [0, 0.05) is 24.7 Å². The number of rotatable bonds is 6. The highest BCUT2D eigenvalue weighted by atomic mass is 19.1. The highest BCUT2D eigenvalue weighted by molar-refractivity contribution is 5.80. The van der Waals surface area contributed by atoms with Gasteiger partial charge in [0.15, 0.2) is 11.6 Å². The van der Waals surface area contributed by atoms with Crippen molar-refractivity contribution in [3.8, 4) is 11.4 Å². The van der Waals surface area contributed by atoms with Crippen LogP contribution in [0.25, 0.3) is 22.4 Å². The summed E-state index contributed by atoms with van der Waals surface area (Å²) in [6.45, 7) is 4.66. The molecule has 0 fully saturated rings. The van der Waals surface area contributed by atoms with Gasteiger partial charge in [-0.25, -0.2) is 19.0 Å². The molecule has 34 heavy (non-hydrogen) atoms. The molecule has 2 aromatic carbocycles. The van der Waals surface area contributed by atoms with E-state index in [1.807, 2.05) is 49.4 Å². The van der Waals surface area contributed by atoms with Crippen molar-refractivity contribution in [2.24, 2.45) is 0 Å². The summed E-state index contributed by atoms with van der Waals surface area (Å²) in [4.78, 5) is 26.2. The normalized spacial score (nSPS) is 11.3. The van der Waals surface area contributed by atoms with E-state index in [1.165, 1.54) is 12.1 Å². The highest BCUT2D eigenvalue weighted by Gasteiger charge is 2.16. The van der Waals surface area contributed by atoms with E-state index in [4.69, 9.17) is 10.1 Å². The molecule has 3 heterocycles. The molecule has 8 heteroatoms. The van der Waals surface area contributed by atoms with E-state index < -0.39 is 0 Å². The molecule has 0 aliphatic rings. The van der Waals surface area contributed by atoms with Crippen LogP contribution in [-0.4, -0.2) is 29.3 Å². The predicted molar refractivity (Wildman–Crippen MR) is 128 cm³/mol. The van der Waals surface area contributed by atoms with Crippen molar-refractivity contribution < 1.29 is 4.39 Å². The number of pyridine rings is 1. The van der Waals surface area contributed by atoms with E-state index in [0.29, 0.717) is 36.9 Å². The second-order valence-corrected chi connectivity index (χ2v) is 8.09. The third-order valence-corrected chi connectivity index (χ3v) is 5.69. The maximum atomic E-state index is 13.7. The van der Waals surface area contributed by atoms with E-state index in [2.05, 4.69) is 9.97 Å². The topological polar surface area (TPSA) is 78.5 Å². The average Bonchev–Trinajstić information content (AvgIpc) is 3.22. The summed E-state index contributed by atoms with van der Waals surface area (Å²) in [5, 5.41) is 4.72. The van der Waals surface area contributed by atoms with E-state index in [9.17, 15) is 9.18 Å². The molecule has 0 aliphatic carbocycles. The van der Waals surface area contributed by atoms with Crippen LogP contribution in [0.2, 0.25) is 0 Å². The predicted octanol–water partition coefficient (Wildman–Crippen LogP) is 4.16. The third kappa shape index (κ3) is 4.22. The summed E-state index contributed by atoms with van der Waals surface area (Å²) in [5.41, 5.74) is 4.33. The van der Waals surface area contributed by atoms with Crippen LogP contribution >= 0.6 is 0 Å². The van der Waals surface area contributed by atoms with Gasteiger partial charge < -0.3 is 4.57 Å². The molecule has 0 saturated carbocycles. The van der Waals surface area contributed by atoms with Gasteiger partial charge in [-0.15, -0.1) is 0 Å². The number of aromatic nitrogens is 6. The zero-order valence-electron chi connectivity index (χ0n) is 18.9. The van der Waals surface area contributed by atoms with Gasteiger partial charge in [-0.3, -0.25) is 9.78 Å². The molecule has 0 aliphatic heterocycles. The number of fused-ring (bicyclic) bond motifs is 1. The molecule has 0 N–H and O–H groups in total. The van der Waals surface area contributed by atoms with Crippen molar-refractivity contribution in [1.29, 1.82) is 0 Å². The quantitative estimate of drug-likeness (QED) is 0.385. The third-order valence-electron chi connectivity index (χ3n) is 5.69. The first-order valence-electron chi connectivity index (χ1n) is 11.1. The van der Waals surface area contributed by atoms with Crippen molar-refractivity contribution >= 4 is 11.0 Å². The van der Waals surface area contributed by atoms with Crippen molar-refractivity contribution in [3.05, 3.63) is 106 Å². The van der Waals surface area contributed by atoms with E-state index in [-0.39, 0.29) is 11.4 Å². The van der Waals surface area contributed by atoms with Crippen LogP contribution in [0.4, 0.5) is 4.39 Å². The molecule has 0 spiro atoms. The van der Waals surface area contributed by atoms with Gasteiger partial charge in [0.1, 0.15) is 11.5 Å². The van der Waals surface area contributed by atoms with Crippen molar-refractivity contribution in [2.45, 2.75) is 33.4 Å². The van der Waals surface area contributed by atoms with Crippen molar-refractivity contribution in [1.82, 2.24) is 29.3 Å². The molecule has 0 atom stereocenters. The Morgan fingerprint density at radius 3 is 2.65 bits per heavy atom. The second kappa shape index (κ2) is 8.97. The number of hydrogen-bond acceptors (Lipinski definition) is 5. The lowest BCUT2D eigenvalue weighted by molar-refractivity contribution is 0.625. The standard InChI is InChI=1S/C26H23FN6O/c1-3-32-23-11-10-19(15-22(23)29-17(2)26(32)34)25-30-24(14-18-7-6-8-20(27)13-18)31-33(25)16-21-9-4-5-12-28-21/h4-13,15H,3,14,16H2,1-2H3. The molecule has 0 unspecified atom stereocenters. The summed E-state index contributed by atoms with van der Waals surface area (Å²) < 4.78 is 17.2. The van der Waals surface area contributed by atoms with Crippen LogP contribution in [0, 0.1) is 12.7 Å². The maximum absolute atomic E-state index is 13.7. The molecule has 0 bridgehead atoms.